The smallest absolute Gasteiger partial charge is 0.242 e. The van der Waals surface area contributed by atoms with Gasteiger partial charge in [0.05, 0.1) is 18.6 Å². The number of benzene rings is 2. The van der Waals surface area contributed by atoms with Gasteiger partial charge in [-0.3, -0.25) is 13.9 Å². The molecule has 10 heteroatoms. The Balaban J connectivity index is 2.22. The molecule has 1 atom stereocenters. The summed E-state index contributed by atoms with van der Waals surface area (Å²) >= 11 is 0. The van der Waals surface area contributed by atoms with Crippen LogP contribution < -0.4 is 14.4 Å². The lowest BCUT2D eigenvalue weighted by molar-refractivity contribution is -0.141. The highest BCUT2D eigenvalue weighted by molar-refractivity contribution is 7.92. The molecule has 0 aromatic heterocycles. The van der Waals surface area contributed by atoms with Gasteiger partial charge in [0, 0.05) is 26.1 Å². The zero-order valence-electron chi connectivity index (χ0n) is 22.8. The van der Waals surface area contributed by atoms with Crippen LogP contribution in [-0.2, 0) is 26.2 Å². The van der Waals surface area contributed by atoms with E-state index in [2.05, 4.69) is 5.32 Å². The summed E-state index contributed by atoms with van der Waals surface area (Å²) in [6, 6.07) is 12.0. The molecule has 0 radical (unpaired) electrons. The number of para-hydroxylation sites is 2. The molecule has 2 aromatic carbocycles. The van der Waals surface area contributed by atoms with Crippen molar-refractivity contribution >= 4 is 27.5 Å². The molecule has 38 heavy (non-hydrogen) atoms. The van der Waals surface area contributed by atoms with Crippen molar-refractivity contribution in [1.29, 1.82) is 0 Å². The van der Waals surface area contributed by atoms with Crippen molar-refractivity contribution in [2.45, 2.75) is 65.5 Å². The number of hydrogen-bond donors (Lipinski definition) is 1. The maximum atomic E-state index is 13.5. The van der Waals surface area contributed by atoms with Crippen molar-refractivity contribution in [3.63, 3.8) is 0 Å². The first kappa shape index (κ1) is 31.1. The Morgan fingerprint density at radius 2 is 1.71 bits per heavy atom. The predicted molar refractivity (Wildman–Crippen MR) is 148 cm³/mol. The van der Waals surface area contributed by atoms with Gasteiger partial charge in [0.2, 0.25) is 21.8 Å². The molecule has 0 fully saturated rings. The number of unbranched alkanes of at least 4 members (excludes halogenated alkanes) is 1. The van der Waals surface area contributed by atoms with Crippen LogP contribution in [0.25, 0.3) is 0 Å². The van der Waals surface area contributed by atoms with E-state index in [9.17, 15) is 22.4 Å². The second kappa shape index (κ2) is 15.3. The molecule has 2 amide bonds. The van der Waals surface area contributed by atoms with Crippen molar-refractivity contribution in [3.8, 4) is 5.75 Å². The van der Waals surface area contributed by atoms with Crippen LogP contribution in [-0.4, -0.2) is 57.1 Å². The van der Waals surface area contributed by atoms with Crippen LogP contribution in [0.2, 0.25) is 0 Å². The molecule has 8 nitrogen and oxygen atoms in total. The standard InChI is InChI=1S/C28H40FN3O5S/c1-5-8-19-30-28(34)24(6-2)31(21-22-15-17-23(29)18-16-22)27(33)14-11-20-32(38(4,35)36)25-12-9-10-13-26(25)37-7-3/h9-10,12-13,15-18,24H,5-8,11,14,19-21H2,1-4H3,(H,30,34)/t24-/m0/s1. The minimum absolute atomic E-state index is 0.0305. The Morgan fingerprint density at radius 3 is 2.32 bits per heavy atom. The number of anilines is 1. The van der Waals surface area contributed by atoms with Crippen molar-refractivity contribution in [3.05, 3.63) is 59.9 Å². The maximum absolute atomic E-state index is 13.5. The third-order valence-corrected chi connectivity index (χ3v) is 7.25. The van der Waals surface area contributed by atoms with E-state index >= 15 is 0 Å². The van der Waals surface area contributed by atoms with E-state index in [-0.39, 0.29) is 43.6 Å². The molecule has 2 aromatic rings. The molecule has 0 aliphatic carbocycles. The summed E-state index contributed by atoms with van der Waals surface area (Å²) in [7, 11) is -3.65. The Bertz CT molecular complexity index is 1140. The van der Waals surface area contributed by atoms with Gasteiger partial charge in [-0.15, -0.1) is 0 Å². The monoisotopic (exact) mass is 549 g/mol. The summed E-state index contributed by atoms with van der Waals surface area (Å²) < 4.78 is 45.6. The van der Waals surface area contributed by atoms with Crippen LogP contribution in [0.1, 0.15) is 58.4 Å². The van der Waals surface area contributed by atoms with Crippen LogP contribution >= 0.6 is 0 Å². The summed E-state index contributed by atoms with van der Waals surface area (Å²) in [5.74, 6) is -0.457. The second-order valence-corrected chi connectivity index (χ2v) is 11.0. The number of rotatable bonds is 16. The fourth-order valence-electron chi connectivity index (χ4n) is 4.14. The number of nitrogens with zero attached hydrogens (tertiary/aromatic N) is 2. The molecule has 1 N–H and O–H groups in total. The van der Waals surface area contributed by atoms with E-state index in [0.717, 1.165) is 19.1 Å². The topological polar surface area (TPSA) is 96.0 Å². The molecule has 0 heterocycles. The second-order valence-electron chi connectivity index (χ2n) is 9.06. The Kier molecular flexibility index (Phi) is 12.5. The lowest BCUT2D eigenvalue weighted by Crippen LogP contribution is -2.49. The zero-order valence-corrected chi connectivity index (χ0v) is 23.6. The van der Waals surface area contributed by atoms with Crippen LogP contribution in [0.15, 0.2) is 48.5 Å². The molecule has 0 spiro atoms. The SMILES string of the molecule is CCCCNC(=O)[C@H](CC)N(Cc1ccc(F)cc1)C(=O)CCCN(c1ccccc1OCC)S(C)(=O)=O. The third-order valence-electron chi connectivity index (χ3n) is 6.07. The molecule has 0 saturated carbocycles. The van der Waals surface area contributed by atoms with Crippen LogP contribution in [0.5, 0.6) is 5.75 Å². The van der Waals surface area contributed by atoms with E-state index in [1.807, 2.05) is 20.8 Å². The van der Waals surface area contributed by atoms with Crippen LogP contribution in [0.4, 0.5) is 10.1 Å². The number of halogens is 1. The van der Waals surface area contributed by atoms with E-state index in [0.29, 0.717) is 36.6 Å². The first-order chi connectivity index (χ1) is 18.1. The predicted octanol–water partition coefficient (Wildman–Crippen LogP) is 4.49. The molecule has 0 saturated heterocycles. The summed E-state index contributed by atoms with van der Waals surface area (Å²) in [5, 5.41) is 2.90. The van der Waals surface area contributed by atoms with Gasteiger partial charge in [-0.1, -0.05) is 44.5 Å². The number of nitrogens with one attached hydrogen (secondary N) is 1. The number of carbonyl (C=O) groups is 2. The van der Waals surface area contributed by atoms with E-state index < -0.39 is 16.1 Å². The quantitative estimate of drug-likeness (QED) is 0.311. The largest absolute Gasteiger partial charge is 0.492 e. The third kappa shape index (κ3) is 9.31. The van der Waals surface area contributed by atoms with Crippen LogP contribution in [0, 0.1) is 5.82 Å². The molecular formula is C28H40FN3O5S. The highest BCUT2D eigenvalue weighted by Gasteiger charge is 2.29. The molecule has 2 rings (SSSR count). The summed E-state index contributed by atoms with van der Waals surface area (Å²) in [5.41, 5.74) is 1.11. The summed E-state index contributed by atoms with van der Waals surface area (Å²) in [6.45, 7) is 6.79. The van der Waals surface area contributed by atoms with Gasteiger partial charge in [-0.05, 0) is 56.0 Å². The minimum atomic E-state index is -3.65. The Morgan fingerprint density at radius 1 is 1.03 bits per heavy atom. The Hall–Kier alpha value is -3.14. The number of amides is 2. The van der Waals surface area contributed by atoms with Gasteiger partial charge in [0.1, 0.15) is 17.6 Å². The fourth-order valence-corrected chi connectivity index (χ4v) is 5.10. The van der Waals surface area contributed by atoms with Gasteiger partial charge in [0.15, 0.2) is 0 Å². The van der Waals surface area contributed by atoms with Gasteiger partial charge >= 0.3 is 0 Å². The maximum Gasteiger partial charge on any atom is 0.242 e. The average molecular weight is 550 g/mol. The number of carbonyl (C=O) groups excluding carboxylic acids is 2. The zero-order chi connectivity index (χ0) is 28.1. The Labute approximate surface area is 226 Å². The van der Waals surface area contributed by atoms with Crippen molar-refractivity contribution in [1.82, 2.24) is 10.2 Å². The number of sulfonamides is 1. The van der Waals surface area contributed by atoms with E-state index in [1.54, 1.807) is 36.4 Å². The normalized spacial score (nSPS) is 12.0. The van der Waals surface area contributed by atoms with Crippen LogP contribution in [0.3, 0.4) is 0 Å². The number of hydrogen-bond acceptors (Lipinski definition) is 5. The number of ether oxygens (including phenoxy) is 1. The molecule has 210 valence electrons. The van der Waals surface area contributed by atoms with Crippen molar-refractivity contribution < 1.29 is 27.1 Å². The molecular weight excluding hydrogens is 509 g/mol. The first-order valence-corrected chi connectivity index (χ1v) is 15.0. The summed E-state index contributed by atoms with van der Waals surface area (Å²) in [6.07, 6.45) is 3.55. The highest BCUT2D eigenvalue weighted by Crippen LogP contribution is 2.30. The highest BCUT2D eigenvalue weighted by atomic mass is 32.2. The first-order valence-electron chi connectivity index (χ1n) is 13.1. The minimum Gasteiger partial charge on any atom is -0.492 e. The summed E-state index contributed by atoms with van der Waals surface area (Å²) in [4.78, 5) is 27.9. The lowest BCUT2D eigenvalue weighted by Gasteiger charge is -2.31. The van der Waals surface area contributed by atoms with Gasteiger partial charge in [0.25, 0.3) is 0 Å². The molecule has 0 aliphatic rings. The van der Waals surface area contributed by atoms with E-state index in [1.165, 1.54) is 21.3 Å². The van der Waals surface area contributed by atoms with Gasteiger partial charge in [-0.2, -0.15) is 0 Å². The molecule has 0 aliphatic heterocycles. The molecule has 0 unspecified atom stereocenters. The average Bonchev–Trinajstić information content (AvgIpc) is 2.88. The lowest BCUT2D eigenvalue weighted by atomic mass is 10.1. The van der Waals surface area contributed by atoms with Crippen molar-refractivity contribution in [2.75, 3.05) is 30.3 Å². The van der Waals surface area contributed by atoms with Gasteiger partial charge in [-0.25, -0.2) is 12.8 Å². The molecule has 0 bridgehead atoms. The van der Waals surface area contributed by atoms with E-state index in [4.69, 9.17) is 4.74 Å². The van der Waals surface area contributed by atoms with Gasteiger partial charge < -0.3 is 15.0 Å². The fraction of sp³-hybridized carbons (Fsp3) is 0.500. The van der Waals surface area contributed by atoms with Crippen molar-refractivity contribution in [2.24, 2.45) is 0 Å².